The van der Waals surface area contributed by atoms with Gasteiger partial charge in [-0.25, -0.2) is 0 Å². The van der Waals surface area contributed by atoms with Crippen LogP contribution in [0.2, 0.25) is 5.02 Å². The standard InChI is InChI=1S/C15H17Cl/c1-4-6-12(2)7-5-8-14-9-10-15(16)11-13(14)3/h4-7,9-11H,1,8H2,2-3H3/b7-5-,12-6-. The molecule has 1 aromatic rings. The zero-order valence-electron chi connectivity index (χ0n) is 9.83. The number of halogens is 1. The van der Waals surface area contributed by atoms with Gasteiger partial charge in [-0.15, -0.1) is 0 Å². The minimum atomic E-state index is 0.799. The normalized spacial score (nSPS) is 12.1. The Labute approximate surface area is 103 Å². The molecule has 1 heteroatoms. The molecule has 0 heterocycles. The molecule has 16 heavy (non-hydrogen) atoms. The second kappa shape index (κ2) is 6.34. The van der Waals surface area contributed by atoms with Gasteiger partial charge in [0.25, 0.3) is 0 Å². The fourth-order valence-electron chi connectivity index (χ4n) is 1.50. The molecule has 84 valence electrons. The fraction of sp³-hybridized carbons (Fsp3) is 0.200. The summed E-state index contributed by atoms with van der Waals surface area (Å²) >= 11 is 5.90. The van der Waals surface area contributed by atoms with Crippen LogP contribution in [0.1, 0.15) is 18.1 Å². The van der Waals surface area contributed by atoms with Crippen molar-refractivity contribution >= 4 is 11.6 Å². The van der Waals surface area contributed by atoms with E-state index >= 15 is 0 Å². The van der Waals surface area contributed by atoms with Gasteiger partial charge in [0.15, 0.2) is 0 Å². The molecule has 0 aliphatic carbocycles. The molecule has 0 aliphatic rings. The van der Waals surface area contributed by atoms with E-state index in [0.29, 0.717) is 0 Å². The molecule has 0 saturated carbocycles. The molecule has 0 bridgehead atoms. The van der Waals surface area contributed by atoms with E-state index < -0.39 is 0 Å². The van der Waals surface area contributed by atoms with Crippen molar-refractivity contribution in [2.75, 3.05) is 0 Å². The molecule has 0 amide bonds. The van der Waals surface area contributed by atoms with Gasteiger partial charge in [0.2, 0.25) is 0 Å². The lowest BCUT2D eigenvalue weighted by atomic mass is 10.1. The van der Waals surface area contributed by atoms with Crippen LogP contribution < -0.4 is 0 Å². The Hall–Kier alpha value is -1.27. The number of hydrogen-bond donors (Lipinski definition) is 0. The van der Waals surface area contributed by atoms with Crippen molar-refractivity contribution in [3.63, 3.8) is 0 Å². The van der Waals surface area contributed by atoms with E-state index in [1.54, 1.807) is 6.08 Å². The quantitative estimate of drug-likeness (QED) is 0.649. The topological polar surface area (TPSA) is 0 Å². The number of aryl methyl sites for hydroxylation is 1. The summed E-state index contributed by atoms with van der Waals surface area (Å²) in [6, 6.07) is 6.01. The van der Waals surface area contributed by atoms with Crippen LogP contribution in [0.3, 0.4) is 0 Å². The highest BCUT2D eigenvalue weighted by atomic mass is 35.5. The lowest BCUT2D eigenvalue weighted by molar-refractivity contribution is 1.21. The highest BCUT2D eigenvalue weighted by molar-refractivity contribution is 6.30. The Morgan fingerprint density at radius 2 is 2.19 bits per heavy atom. The Kier molecular flexibility index (Phi) is 5.07. The third-order valence-electron chi connectivity index (χ3n) is 2.40. The van der Waals surface area contributed by atoms with Crippen LogP contribution in [0.5, 0.6) is 0 Å². The van der Waals surface area contributed by atoms with E-state index in [1.807, 2.05) is 18.2 Å². The van der Waals surface area contributed by atoms with Gasteiger partial charge in [-0.1, -0.05) is 54.1 Å². The van der Waals surface area contributed by atoms with Crippen molar-refractivity contribution in [3.05, 3.63) is 70.8 Å². The SMILES string of the molecule is C=C/C=C(C)\C=C/Cc1ccc(Cl)cc1C. The summed E-state index contributed by atoms with van der Waals surface area (Å²) in [6.45, 7) is 7.81. The molecular weight excluding hydrogens is 216 g/mol. The zero-order chi connectivity index (χ0) is 12.0. The predicted molar refractivity (Wildman–Crippen MR) is 73.0 cm³/mol. The van der Waals surface area contributed by atoms with E-state index in [0.717, 1.165) is 11.4 Å². The fourth-order valence-corrected chi connectivity index (χ4v) is 1.73. The number of hydrogen-bond acceptors (Lipinski definition) is 0. The number of rotatable bonds is 4. The average Bonchev–Trinajstić information content (AvgIpc) is 2.22. The maximum absolute atomic E-state index is 5.90. The Morgan fingerprint density at radius 3 is 2.81 bits per heavy atom. The molecule has 0 nitrogen and oxygen atoms in total. The van der Waals surface area contributed by atoms with Gasteiger partial charge in [-0.2, -0.15) is 0 Å². The van der Waals surface area contributed by atoms with Crippen molar-refractivity contribution in [2.45, 2.75) is 20.3 Å². The Bertz CT molecular complexity index is 425. The van der Waals surface area contributed by atoms with E-state index in [2.05, 4.69) is 38.6 Å². The zero-order valence-corrected chi connectivity index (χ0v) is 10.6. The second-order valence-electron chi connectivity index (χ2n) is 3.82. The van der Waals surface area contributed by atoms with Crippen LogP contribution in [0, 0.1) is 6.92 Å². The third kappa shape index (κ3) is 4.08. The van der Waals surface area contributed by atoms with Crippen molar-refractivity contribution in [3.8, 4) is 0 Å². The molecule has 0 aliphatic heterocycles. The summed E-state index contributed by atoms with van der Waals surface area (Å²) in [5.41, 5.74) is 3.76. The molecule has 1 rings (SSSR count). The summed E-state index contributed by atoms with van der Waals surface area (Å²) in [7, 11) is 0. The first-order valence-corrected chi connectivity index (χ1v) is 5.72. The molecule has 1 aromatic carbocycles. The van der Waals surface area contributed by atoms with Crippen molar-refractivity contribution < 1.29 is 0 Å². The monoisotopic (exact) mass is 232 g/mol. The molecule has 0 fully saturated rings. The molecular formula is C15H17Cl. The molecule has 0 aromatic heterocycles. The highest BCUT2D eigenvalue weighted by Gasteiger charge is 1.96. The molecule has 0 radical (unpaired) electrons. The Morgan fingerprint density at radius 1 is 1.44 bits per heavy atom. The minimum absolute atomic E-state index is 0.799. The summed E-state index contributed by atoms with van der Waals surface area (Å²) in [6.07, 6.45) is 8.99. The first-order valence-electron chi connectivity index (χ1n) is 5.34. The third-order valence-corrected chi connectivity index (χ3v) is 2.64. The van der Waals surface area contributed by atoms with Crippen molar-refractivity contribution in [1.29, 1.82) is 0 Å². The number of benzene rings is 1. The lowest BCUT2D eigenvalue weighted by Crippen LogP contribution is -1.86. The lowest BCUT2D eigenvalue weighted by Gasteiger charge is -2.02. The van der Waals surface area contributed by atoms with Crippen LogP contribution in [-0.4, -0.2) is 0 Å². The minimum Gasteiger partial charge on any atom is -0.0991 e. The second-order valence-corrected chi connectivity index (χ2v) is 4.26. The largest absolute Gasteiger partial charge is 0.0991 e. The molecule has 0 unspecified atom stereocenters. The summed E-state index contributed by atoms with van der Waals surface area (Å²) in [5.74, 6) is 0. The summed E-state index contributed by atoms with van der Waals surface area (Å²) in [4.78, 5) is 0. The van der Waals surface area contributed by atoms with Gasteiger partial charge in [-0.05, 0) is 43.5 Å². The molecule has 0 spiro atoms. The smallest absolute Gasteiger partial charge is 0.0408 e. The van der Waals surface area contributed by atoms with E-state index in [-0.39, 0.29) is 0 Å². The maximum Gasteiger partial charge on any atom is 0.0408 e. The van der Waals surface area contributed by atoms with Gasteiger partial charge >= 0.3 is 0 Å². The number of allylic oxidation sites excluding steroid dienone is 5. The van der Waals surface area contributed by atoms with Gasteiger partial charge in [0.05, 0.1) is 0 Å². The van der Waals surface area contributed by atoms with Crippen LogP contribution in [-0.2, 0) is 6.42 Å². The van der Waals surface area contributed by atoms with Gasteiger partial charge < -0.3 is 0 Å². The van der Waals surface area contributed by atoms with Crippen molar-refractivity contribution in [2.24, 2.45) is 0 Å². The van der Waals surface area contributed by atoms with Crippen LogP contribution in [0.4, 0.5) is 0 Å². The van der Waals surface area contributed by atoms with Crippen molar-refractivity contribution in [1.82, 2.24) is 0 Å². The van der Waals surface area contributed by atoms with Gasteiger partial charge in [0, 0.05) is 5.02 Å². The maximum atomic E-state index is 5.90. The van der Waals surface area contributed by atoms with Gasteiger partial charge in [0.1, 0.15) is 0 Å². The molecule has 0 N–H and O–H groups in total. The highest BCUT2D eigenvalue weighted by Crippen LogP contribution is 2.16. The molecule has 0 atom stereocenters. The summed E-state index contributed by atoms with van der Waals surface area (Å²) < 4.78 is 0. The molecule has 0 saturated heterocycles. The van der Waals surface area contributed by atoms with Crippen LogP contribution >= 0.6 is 11.6 Å². The van der Waals surface area contributed by atoms with E-state index in [1.165, 1.54) is 16.7 Å². The first kappa shape index (κ1) is 12.8. The van der Waals surface area contributed by atoms with E-state index in [9.17, 15) is 0 Å². The van der Waals surface area contributed by atoms with Crippen LogP contribution in [0.15, 0.2) is 54.7 Å². The Balaban J connectivity index is 2.68. The van der Waals surface area contributed by atoms with Gasteiger partial charge in [-0.3, -0.25) is 0 Å². The van der Waals surface area contributed by atoms with E-state index in [4.69, 9.17) is 11.6 Å². The first-order chi connectivity index (χ1) is 7.63. The predicted octanol–water partition coefficient (Wildman–Crippen LogP) is 4.88. The summed E-state index contributed by atoms with van der Waals surface area (Å²) in [5, 5.41) is 0.799. The van der Waals surface area contributed by atoms with Crippen LogP contribution in [0.25, 0.3) is 0 Å². The average molecular weight is 233 g/mol.